The van der Waals surface area contributed by atoms with Crippen molar-refractivity contribution in [2.24, 2.45) is 0 Å². The summed E-state index contributed by atoms with van der Waals surface area (Å²) in [4.78, 5) is 23.1. The second-order valence-corrected chi connectivity index (χ2v) is 18.6. The standard InChI is InChI=1S/C47H91N2O6P/c1-6-8-10-12-14-16-18-20-21-22-23-24-25-26-27-29-31-33-35-37-39-41-47(51)48-45(44-55-56(52,53)54-43-42-49(3,4)5)46(50)40-38-36-34-32-30-28-19-17-15-13-11-9-7-2/h11,13,20-21,38,40,45-46,50H,6-10,12,14-19,22-37,39,41-44H2,1-5H3,(H-,48,51,52,53)/p+1/b13-11-,21-20-,40-38+/t45-,46+/m0/s1. The molecule has 0 aliphatic rings. The summed E-state index contributed by atoms with van der Waals surface area (Å²) >= 11 is 0. The van der Waals surface area contributed by atoms with Gasteiger partial charge in [-0.2, -0.15) is 0 Å². The SMILES string of the molecule is CCC/C=C\CCCCCCCC/C=C/[C@@H](O)[C@H](COP(=O)(O)OCC[N+](C)(C)C)NC(=O)CCCCCCCCCCCCC/C=C\CCCCCCCC. The number of carbonyl (C=O) groups is 1. The molecule has 1 amide bonds. The van der Waals surface area contributed by atoms with Gasteiger partial charge in [-0.3, -0.25) is 13.8 Å². The second kappa shape index (κ2) is 39.2. The van der Waals surface area contributed by atoms with Crippen molar-refractivity contribution in [1.29, 1.82) is 0 Å². The van der Waals surface area contributed by atoms with Crippen molar-refractivity contribution in [2.45, 2.75) is 219 Å². The third-order valence-electron chi connectivity index (χ3n) is 10.3. The fraction of sp³-hybridized carbons (Fsp3) is 0.851. The lowest BCUT2D eigenvalue weighted by Crippen LogP contribution is -2.45. The Bertz CT molecular complexity index is 1010. The van der Waals surface area contributed by atoms with Gasteiger partial charge in [-0.15, -0.1) is 0 Å². The molecule has 0 aliphatic carbocycles. The number of likely N-dealkylation sites (N-methyl/N-ethyl adjacent to an activating group) is 1. The van der Waals surface area contributed by atoms with Gasteiger partial charge in [-0.25, -0.2) is 4.57 Å². The Morgan fingerprint density at radius 1 is 0.589 bits per heavy atom. The van der Waals surface area contributed by atoms with E-state index in [4.69, 9.17) is 9.05 Å². The van der Waals surface area contributed by atoms with Crippen LogP contribution in [-0.4, -0.2) is 73.4 Å². The number of nitrogens with one attached hydrogen (secondary N) is 1. The summed E-state index contributed by atoms with van der Waals surface area (Å²) < 4.78 is 23.6. The lowest BCUT2D eigenvalue weighted by molar-refractivity contribution is -0.870. The van der Waals surface area contributed by atoms with Gasteiger partial charge in [0.25, 0.3) is 0 Å². The Morgan fingerprint density at radius 2 is 1.00 bits per heavy atom. The van der Waals surface area contributed by atoms with Crippen LogP contribution in [0.5, 0.6) is 0 Å². The number of phosphoric acid groups is 1. The first kappa shape index (κ1) is 54.7. The molecule has 0 fully saturated rings. The van der Waals surface area contributed by atoms with Crippen LogP contribution in [0.25, 0.3) is 0 Å². The Kier molecular flexibility index (Phi) is 38.3. The number of unbranched alkanes of at least 4 members (excludes halogenated alkanes) is 25. The zero-order valence-corrected chi connectivity index (χ0v) is 38.3. The van der Waals surface area contributed by atoms with Crippen LogP contribution < -0.4 is 5.32 Å². The first-order valence-corrected chi connectivity index (χ1v) is 24.9. The predicted molar refractivity (Wildman–Crippen MR) is 240 cm³/mol. The molecule has 0 aromatic rings. The number of nitrogens with zero attached hydrogens (tertiary/aromatic N) is 1. The van der Waals surface area contributed by atoms with Crippen LogP contribution in [0, 0.1) is 0 Å². The van der Waals surface area contributed by atoms with Crippen LogP contribution in [0.1, 0.15) is 206 Å². The number of amides is 1. The van der Waals surface area contributed by atoms with Crippen molar-refractivity contribution in [2.75, 3.05) is 40.9 Å². The maximum Gasteiger partial charge on any atom is 0.472 e. The molecule has 3 atom stereocenters. The number of aliphatic hydroxyl groups excluding tert-OH is 1. The van der Waals surface area contributed by atoms with Crippen LogP contribution in [0.3, 0.4) is 0 Å². The van der Waals surface area contributed by atoms with Crippen LogP contribution >= 0.6 is 7.82 Å². The highest BCUT2D eigenvalue weighted by atomic mass is 31.2. The summed E-state index contributed by atoms with van der Waals surface area (Å²) in [6.45, 7) is 4.75. The van der Waals surface area contributed by atoms with Gasteiger partial charge in [0.05, 0.1) is 39.9 Å². The second-order valence-electron chi connectivity index (χ2n) is 17.1. The number of rotatable bonds is 42. The summed E-state index contributed by atoms with van der Waals surface area (Å²) in [6, 6.07) is -0.848. The number of aliphatic hydroxyl groups is 1. The van der Waals surface area contributed by atoms with E-state index in [1.165, 1.54) is 148 Å². The normalized spacial score (nSPS) is 14.6. The number of allylic oxidation sites excluding steroid dienone is 5. The first-order chi connectivity index (χ1) is 27.0. The molecule has 56 heavy (non-hydrogen) atoms. The highest BCUT2D eigenvalue weighted by molar-refractivity contribution is 7.47. The van der Waals surface area contributed by atoms with Crippen molar-refractivity contribution in [3.05, 3.63) is 36.5 Å². The first-order valence-electron chi connectivity index (χ1n) is 23.4. The minimum Gasteiger partial charge on any atom is -0.387 e. The minimum atomic E-state index is -4.34. The predicted octanol–water partition coefficient (Wildman–Crippen LogP) is 13.1. The van der Waals surface area contributed by atoms with E-state index in [-0.39, 0.29) is 19.1 Å². The maximum atomic E-state index is 12.9. The molecular weight excluding hydrogens is 719 g/mol. The molecule has 0 spiro atoms. The number of hydrogen-bond acceptors (Lipinski definition) is 5. The zero-order chi connectivity index (χ0) is 41.4. The molecule has 9 heteroatoms. The van der Waals surface area contributed by atoms with Crippen molar-refractivity contribution in [3.63, 3.8) is 0 Å². The summed E-state index contributed by atoms with van der Waals surface area (Å²) in [6.07, 6.45) is 47.8. The summed E-state index contributed by atoms with van der Waals surface area (Å²) in [5.41, 5.74) is 0. The third-order valence-corrected chi connectivity index (χ3v) is 11.3. The monoisotopic (exact) mass is 812 g/mol. The van der Waals surface area contributed by atoms with Gasteiger partial charge in [0.2, 0.25) is 5.91 Å². The smallest absolute Gasteiger partial charge is 0.387 e. The van der Waals surface area contributed by atoms with E-state index >= 15 is 0 Å². The quantitative estimate of drug-likeness (QED) is 0.0245. The van der Waals surface area contributed by atoms with Crippen LogP contribution in [0.2, 0.25) is 0 Å². The Labute approximate surface area is 347 Å². The molecule has 0 aromatic heterocycles. The molecule has 0 bridgehead atoms. The topological polar surface area (TPSA) is 105 Å². The molecular formula is C47H92N2O6P+. The highest BCUT2D eigenvalue weighted by Gasteiger charge is 2.27. The zero-order valence-electron chi connectivity index (χ0n) is 37.4. The molecule has 0 saturated carbocycles. The van der Waals surface area contributed by atoms with Crippen molar-refractivity contribution in [1.82, 2.24) is 5.32 Å². The van der Waals surface area contributed by atoms with Crippen LogP contribution in [0.15, 0.2) is 36.5 Å². The molecule has 330 valence electrons. The lowest BCUT2D eigenvalue weighted by atomic mass is 10.0. The van der Waals surface area contributed by atoms with Gasteiger partial charge < -0.3 is 19.8 Å². The molecule has 0 radical (unpaired) electrons. The fourth-order valence-corrected chi connectivity index (χ4v) is 7.30. The van der Waals surface area contributed by atoms with Crippen molar-refractivity contribution < 1.29 is 32.9 Å². The van der Waals surface area contributed by atoms with E-state index < -0.39 is 20.0 Å². The van der Waals surface area contributed by atoms with Gasteiger partial charge in [-0.05, 0) is 64.2 Å². The van der Waals surface area contributed by atoms with E-state index in [1.807, 2.05) is 27.2 Å². The van der Waals surface area contributed by atoms with Gasteiger partial charge >= 0.3 is 7.82 Å². The molecule has 0 rings (SSSR count). The van der Waals surface area contributed by atoms with Gasteiger partial charge in [-0.1, -0.05) is 172 Å². The molecule has 1 unspecified atom stereocenters. The number of quaternary nitrogens is 1. The molecule has 0 saturated heterocycles. The maximum absolute atomic E-state index is 12.9. The van der Waals surface area contributed by atoms with Crippen LogP contribution in [0.4, 0.5) is 0 Å². The van der Waals surface area contributed by atoms with Gasteiger partial charge in [0, 0.05) is 6.42 Å². The molecule has 3 N–H and O–H groups in total. The fourth-order valence-electron chi connectivity index (χ4n) is 6.57. The average Bonchev–Trinajstić information content (AvgIpc) is 3.15. The average molecular weight is 812 g/mol. The lowest BCUT2D eigenvalue weighted by Gasteiger charge is -2.25. The molecule has 8 nitrogen and oxygen atoms in total. The minimum absolute atomic E-state index is 0.0598. The van der Waals surface area contributed by atoms with E-state index in [0.717, 1.165) is 38.5 Å². The Balaban J connectivity index is 4.32. The van der Waals surface area contributed by atoms with E-state index in [9.17, 15) is 19.4 Å². The molecule has 0 aliphatic heterocycles. The Morgan fingerprint density at radius 3 is 1.45 bits per heavy atom. The summed E-state index contributed by atoms with van der Waals surface area (Å²) in [7, 11) is 1.57. The molecule has 0 aromatic carbocycles. The third kappa shape index (κ3) is 40.9. The van der Waals surface area contributed by atoms with E-state index in [0.29, 0.717) is 17.4 Å². The summed E-state index contributed by atoms with van der Waals surface area (Å²) in [5, 5.41) is 13.8. The van der Waals surface area contributed by atoms with Gasteiger partial charge in [0.1, 0.15) is 13.2 Å². The van der Waals surface area contributed by atoms with Crippen molar-refractivity contribution in [3.8, 4) is 0 Å². The van der Waals surface area contributed by atoms with Crippen LogP contribution in [-0.2, 0) is 18.4 Å². The highest BCUT2D eigenvalue weighted by Crippen LogP contribution is 2.43. The van der Waals surface area contributed by atoms with Gasteiger partial charge in [0.15, 0.2) is 0 Å². The number of phosphoric ester groups is 1. The molecule has 0 heterocycles. The summed E-state index contributed by atoms with van der Waals surface area (Å²) in [5.74, 6) is -0.182. The van der Waals surface area contributed by atoms with E-state index in [1.54, 1.807) is 6.08 Å². The Hall–Kier alpha value is -1.28. The van der Waals surface area contributed by atoms with Crippen molar-refractivity contribution >= 4 is 13.7 Å². The van der Waals surface area contributed by atoms with E-state index in [2.05, 4.69) is 43.5 Å². The number of carbonyl (C=O) groups excluding carboxylic acids is 1. The largest absolute Gasteiger partial charge is 0.472 e. The number of hydrogen-bond donors (Lipinski definition) is 3.